The molecule has 0 bridgehead atoms. The number of benzene rings is 1. The zero-order valence-corrected chi connectivity index (χ0v) is 15.3. The number of halogens is 1. The van der Waals surface area contributed by atoms with Crippen LogP contribution in [0.3, 0.4) is 0 Å². The van der Waals surface area contributed by atoms with E-state index in [1.807, 2.05) is 18.2 Å². The predicted octanol–water partition coefficient (Wildman–Crippen LogP) is 1.20. The summed E-state index contributed by atoms with van der Waals surface area (Å²) in [5.41, 5.74) is 0.950. The maximum Gasteiger partial charge on any atom is 0.243 e. The third kappa shape index (κ3) is 3.73. The van der Waals surface area contributed by atoms with E-state index in [1.54, 1.807) is 4.90 Å². The number of carbonyl (C=O) groups is 2. The fraction of sp³-hybridized carbons (Fsp3) is 0.556. The first-order valence-corrected chi connectivity index (χ1v) is 8.92. The van der Waals surface area contributed by atoms with Crippen molar-refractivity contribution in [2.24, 2.45) is 0 Å². The normalized spacial score (nSPS) is 23.6. The van der Waals surface area contributed by atoms with Crippen molar-refractivity contribution in [3.8, 4) is 11.5 Å². The predicted molar refractivity (Wildman–Crippen MR) is 97.4 cm³/mol. The molecule has 3 heterocycles. The fourth-order valence-corrected chi connectivity index (χ4v) is 3.76. The Balaban J connectivity index is 0.00000196. The molecule has 0 spiro atoms. The minimum atomic E-state index is -0.357. The molecular formula is C18H24ClN3O4. The molecule has 1 unspecified atom stereocenters. The molecule has 142 valence electrons. The molecule has 2 saturated heterocycles. The van der Waals surface area contributed by atoms with E-state index in [1.165, 1.54) is 0 Å². The van der Waals surface area contributed by atoms with Crippen molar-refractivity contribution < 1.29 is 19.1 Å². The Morgan fingerprint density at radius 2 is 2.04 bits per heavy atom. The van der Waals surface area contributed by atoms with Crippen LogP contribution < -0.4 is 20.1 Å². The van der Waals surface area contributed by atoms with Gasteiger partial charge in [-0.05, 0) is 49.9 Å². The number of likely N-dealkylation sites (tertiary alicyclic amines) is 1. The summed E-state index contributed by atoms with van der Waals surface area (Å²) in [5.74, 6) is 1.42. The lowest BCUT2D eigenvalue weighted by Crippen LogP contribution is -2.50. The van der Waals surface area contributed by atoms with E-state index in [9.17, 15) is 9.59 Å². The number of amides is 2. The van der Waals surface area contributed by atoms with Gasteiger partial charge in [0.2, 0.25) is 18.6 Å². The van der Waals surface area contributed by atoms with Crippen LogP contribution >= 0.6 is 12.4 Å². The molecular weight excluding hydrogens is 358 g/mol. The second kappa shape index (κ2) is 8.14. The van der Waals surface area contributed by atoms with Crippen LogP contribution in [-0.4, -0.2) is 48.7 Å². The minimum Gasteiger partial charge on any atom is -0.454 e. The lowest BCUT2D eigenvalue weighted by Gasteiger charge is -2.26. The summed E-state index contributed by atoms with van der Waals surface area (Å²) in [4.78, 5) is 27.0. The smallest absolute Gasteiger partial charge is 0.243 e. The van der Waals surface area contributed by atoms with E-state index in [-0.39, 0.29) is 43.1 Å². The SMILES string of the molecule is Cl.O=C(NCc1ccc2c(c1)OCO2)C1CCCN1C(=O)[C@@H]1CCCN1. The van der Waals surface area contributed by atoms with Crippen LogP contribution in [0.5, 0.6) is 11.5 Å². The Hall–Kier alpha value is -1.99. The Bertz CT molecular complexity index is 678. The summed E-state index contributed by atoms with van der Waals surface area (Å²) >= 11 is 0. The number of nitrogens with one attached hydrogen (secondary N) is 2. The third-order valence-corrected chi connectivity index (χ3v) is 5.10. The van der Waals surface area contributed by atoms with Gasteiger partial charge in [-0.1, -0.05) is 6.07 Å². The van der Waals surface area contributed by atoms with Crippen LogP contribution in [0.15, 0.2) is 18.2 Å². The standard InChI is InChI=1S/C18H23N3O4.ClH/c22-17(20-10-12-5-6-15-16(9-12)25-11-24-15)14-4-2-8-21(14)18(23)13-3-1-7-19-13;/h5-6,9,13-14,19H,1-4,7-8,10-11H2,(H,20,22);1H/t13-,14?;/m0./s1. The van der Waals surface area contributed by atoms with Crippen molar-refractivity contribution in [3.63, 3.8) is 0 Å². The van der Waals surface area contributed by atoms with Gasteiger partial charge in [-0.2, -0.15) is 0 Å². The van der Waals surface area contributed by atoms with E-state index >= 15 is 0 Å². The van der Waals surface area contributed by atoms with Gasteiger partial charge < -0.3 is 25.0 Å². The molecule has 4 rings (SSSR count). The van der Waals surface area contributed by atoms with Gasteiger partial charge in [0.1, 0.15) is 6.04 Å². The van der Waals surface area contributed by atoms with Crippen LogP contribution in [0.4, 0.5) is 0 Å². The average molecular weight is 382 g/mol. The zero-order valence-electron chi connectivity index (χ0n) is 14.5. The third-order valence-electron chi connectivity index (χ3n) is 5.10. The molecule has 0 aliphatic carbocycles. The summed E-state index contributed by atoms with van der Waals surface area (Å²) in [5, 5.41) is 6.18. The van der Waals surface area contributed by atoms with Gasteiger partial charge in [0.25, 0.3) is 0 Å². The number of hydrogen-bond donors (Lipinski definition) is 2. The lowest BCUT2D eigenvalue weighted by atomic mass is 10.1. The molecule has 0 saturated carbocycles. The first-order valence-electron chi connectivity index (χ1n) is 8.92. The van der Waals surface area contributed by atoms with Gasteiger partial charge >= 0.3 is 0 Å². The molecule has 3 aliphatic rings. The molecule has 2 N–H and O–H groups in total. The van der Waals surface area contributed by atoms with Crippen molar-refractivity contribution in [2.45, 2.75) is 44.3 Å². The Morgan fingerprint density at radius 3 is 2.85 bits per heavy atom. The van der Waals surface area contributed by atoms with Gasteiger partial charge in [-0.25, -0.2) is 0 Å². The first kappa shape index (κ1) is 18.8. The van der Waals surface area contributed by atoms with Crippen LogP contribution in [-0.2, 0) is 16.1 Å². The Kier molecular flexibility index (Phi) is 5.88. The first-order chi connectivity index (χ1) is 12.2. The van der Waals surface area contributed by atoms with Crippen LogP contribution in [0.1, 0.15) is 31.2 Å². The molecule has 1 aromatic rings. The number of carbonyl (C=O) groups excluding carboxylic acids is 2. The van der Waals surface area contributed by atoms with E-state index in [0.29, 0.717) is 18.8 Å². The Labute approximate surface area is 158 Å². The van der Waals surface area contributed by atoms with Crippen molar-refractivity contribution >= 4 is 24.2 Å². The molecule has 2 fully saturated rings. The van der Waals surface area contributed by atoms with E-state index in [2.05, 4.69) is 10.6 Å². The Morgan fingerprint density at radius 1 is 1.19 bits per heavy atom. The van der Waals surface area contributed by atoms with Crippen molar-refractivity contribution in [3.05, 3.63) is 23.8 Å². The van der Waals surface area contributed by atoms with Gasteiger partial charge in [0.15, 0.2) is 11.5 Å². The molecule has 8 heteroatoms. The maximum atomic E-state index is 12.6. The van der Waals surface area contributed by atoms with Gasteiger partial charge in [0, 0.05) is 13.1 Å². The largest absolute Gasteiger partial charge is 0.454 e. The molecule has 0 radical (unpaired) electrons. The number of rotatable bonds is 4. The number of nitrogens with zero attached hydrogens (tertiary/aromatic N) is 1. The summed E-state index contributed by atoms with van der Waals surface area (Å²) in [6, 6.07) is 5.16. The maximum absolute atomic E-state index is 12.6. The van der Waals surface area contributed by atoms with E-state index in [0.717, 1.165) is 43.5 Å². The van der Waals surface area contributed by atoms with Gasteiger partial charge in [0.05, 0.1) is 6.04 Å². The topological polar surface area (TPSA) is 79.9 Å². The summed E-state index contributed by atoms with van der Waals surface area (Å²) in [6.07, 6.45) is 3.48. The highest BCUT2D eigenvalue weighted by atomic mass is 35.5. The van der Waals surface area contributed by atoms with Crippen molar-refractivity contribution in [1.82, 2.24) is 15.5 Å². The van der Waals surface area contributed by atoms with E-state index in [4.69, 9.17) is 9.47 Å². The monoisotopic (exact) mass is 381 g/mol. The molecule has 3 aliphatic heterocycles. The average Bonchev–Trinajstić information content (AvgIpc) is 3.39. The number of hydrogen-bond acceptors (Lipinski definition) is 5. The molecule has 0 aromatic heterocycles. The highest BCUT2D eigenvalue weighted by Crippen LogP contribution is 2.32. The molecule has 26 heavy (non-hydrogen) atoms. The van der Waals surface area contributed by atoms with Crippen LogP contribution in [0.25, 0.3) is 0 Å². The molecule has 2 amide bonds. The molecule has 1 aromatic carbocycles. The minimum absolute atomic E-state index is 0. The molecule has 2 atom stereocenters. The number of fused-ring (bicyclic) bond motifs is 1. The quantitative estimate of drug-likeness (QED) is 0.819. The van der Waals surface area contributed by atoms with E-state index < -0.39 is 0 Å². The number of ether oxygens (including phenoxy) is 2. The van der Waals surface area contributed by atoms with Crippen molar-refractivity contribution in [1.29, 1.82) is 0 Å². The summed E-state index contributed by atoms with van der Waals surface area (Å²) in [6.45, 7) is 2.19. The van der Waals surface area contributed by atoms with Crippen LogP contribution in [0.2, 0.25) is 0 Å². The zero-order chi connectivity index (χ0) is 17.2. The lowest BCUT2D eigenvalue weighted by molar-refractivity contribution is -0.139. The summed E-state index contributed by atoms with van der Waals surface area (Å²) in [7, 11) is 0. The molecule has 7 nitrogen and oxygen atoms in total. The fourth-order valence-electron chi connectivity index (χ4n) is 3.76. The summed E-state index contributed by atoms with van der Waals surface area (Å²) < 4.78 is 10.6. The van der Waals surface area contributed by atoms with Gasteiger partial charge in [-0.15, -0.1) is 12.4 Å². The second-order valence-electron chi connectivity index (χ2n) is 6.74. The second-order valence-corrected chi connectivity index (χ2v) is 6.74. The van der Waals surface area contributed by atoms with Crippen molar-refractivity contribution in [2.75, 3.05) is 19.9 Å². The highest BCUT2D eigenvalue weighted by molar-refractivity contribution is 5.90. The van der Waals surface area contributed by atoms with Gasteiger partial charge in [-0.3, -0.25) is 9.59 Å². The highest BCUT2D eigenvalue weighted by Gasteiger charge is 2.37. The van der Waals surface area contributed by atoms with Crippen LogP contribution in [0, 0.1) is 0 Å².